The number of aromatic nitrogens is 1. The molecule has 1 spiro atoms. The predicted octanol–water partition coefficient (Wildman–Crippen LogP) is 2.88. The van der Waals surface area contributed by atoms with E-state index >= 15 is 0 Å². The van der Waals surface area contributed by atoms with Gasteiger partial charge in [0.2, 0.25) is 17.7 Å². The van der Waals surface area contributed by atoms with Gasteiger partial charge in [-0.3, -0.25) is 19.2 Å². The van der Waals surface area contributed by atoms with Gasteiger partial charge in [-0.2, -0.15) is 0 Å². The molecule has 1 aliphatic carbocycles. The zero-order chi connectivity index (χ0) is 27.7. The van der Waals surface area contributed by atoms with Crippen LogP contribution in [0.15, 0.2) is 18.2 Å². The summed E-state index contributed by atoms with van der Waals surface area (Å²) in [6, 6.07) is 3.44. The minimum Gasteiger partial charge on any atom is -0.494 e. The van der Waals surface area contributed by atoms with E-state index in [1.807, 2.05) is 0 Å². The first-order chi connectivity index (χ1) is 18.7. The quantitative estimate of drug-likeness (QED) is 0.413. The highest BCUT2D eigenvalue weighted by atomic mass is 35.5. The molecule has 11 heteroatoms. The summed E-state index contributed by atoms with van der Waals surface area (Å²) in [4.78, 5) is 57.0. The van der Waals surface area contributed by atoms with E-state index in [0.29, 0.717) is 53.3 Å². The van der Waals surface area contributed by atoms with Crippen LogP contribution in [-0.4, -0.2) is 65.8 Å². The van der Waals surface area contributed by atoms with Crippen LogP contribution >= 0.6 is 11.6 Å². The van der Waals surface area contributed by atoms with Gasteiger partial charge in [0.15, 0.2) is 0 Å². The average Bonchev–Trinajstić information content (AvgIpc) is 3.51. The first kappa shape index (κ1) is 27.3. The average molecular weight is 558 g/mol. The Labute approximate surface area is 232 Å². The monoisotopic (exact) mass is 557 g/mol. The number of piperidine rings is 1. The zero-order valence-electron chi connectivity index (χ0n) is 22.2. The van der Waals surface area contributed by atoms with Crippen molar-refractivity contribution in [3.8, 4) is 5.75 Å². The number of carbonyl (C=O) groups is 4. The number of likely N-dealkylation sites (tertiary alicyclic amines) is 1. The van der Waals surface area contributed by atoms with Crippen LogP contribution in [-0.2, 0) is 14.4 Å². The van der Waals surface area contributed by atoms with Gasteiger partial charge in [0.25, 0.3) is 5.91 Å². The summed E-state index contributed by atoms with van der Waals surface area (Å²) in [5.41, 5.74) is 6.55. The Morgan fingerprint density at radius 2 is 2.00 bits per heavy atom. The molecule has 210 valence electrons. The van der Waals surface area contributed by atoms with Crippen LogP contribution in [0.2, 0.25) is 5.02 Å². The first-order valence-corrected chi connectivity index (χ1v) is 14.1. The summed E-state index contributed by atoms with van der Waals surface area (Å²) in [6.45, 7) is 1.07. The van der Waals surface area contributed by atoms with Gasteiger partial charge in [-0.25, -0.2) is 0 Å². The Kier molecular flexibility index (Phi) is 7.75. The molecule has 5 rings (SSSR count). The van der Waals surface area contributed by atoms with Crippen LogP contribution in [0.5, 0.6) is 5.75 Å². The van der Waals surface area contributed by atoms with Crippen molar-refractivity contribution >= 4 is 46.1 Å². The Bertz CT molecular complexity index is 1290. The van der Waals surface area contributed by atoms with Crippen molar-refractivity contribution in [3.05, 3.63) is 28.9 Å². The van der Waals surface area contributed by atoms with Crippen molar-refractivity contribution in [3.63, 3.8) is 0 Å². The highest BCUT2D eigenvalue weighted by molar-refractivity contribution is 6.33. The summed E-state index contributed by atoms with van der Waals surface area (Å²) in [6.07, 6.45) is 7.24. The molecule has 39 heavy (non-hydrogen) atoms. The largest absolute Gasteiger partial charge is 0.494 e. The van der Waals surface area contributed by atoms with Crippen LogP contribution in [0.25, 0.3) is 10.9 Å². The molecule has 0 bridgehead atoms. The SMILES string of the molecule is COc1c(Cl)ccc2[nH]c(C(=O)N3CC4(CCCCC4)CC3C(=O)N[C@@H](C[C@@H]3CCCNC3=O)C(N)=O)cc12. The number of hydrogen-bond donors (Lipinski definition) is 4. The Morgan fingerprint density at radius 3 is 2.69 bits per heavy atom. The van der Waals surface area contributed by atoms with Crippen molar-refractivity contribution in [2.24, 2.45) is 17.1 Å². The van der Waals surface area contributed by atoms with Gasteiger partial charge in [-0.15, -0.1) is 0 Å². The minimum absolute atomic E-state index is 0.130. The number of rotatable bonds is 7. The van der Waals surface area contributed by atoms with Gasteiger partial charge >= 0.3 is 0 Å². The van der Waals surface area contributed by atoms with Crippen LogP contribution in [0.1, 0.15) is 68.3 Å². The standard InChI is InChI=1S/C28H36ClN5O5/c1-39-23-17-13-21(32-19(17)8-7-18(23)29)27(38)34-15-28(9-3-2-4-10-28)14-22(34)26(37)33-20(24(30)35)12-16-6-5-11-31-25(16)36/h7-8,13,16,20,22,32H,2-6,9-12,14-15H2,1H3,(H2,30,35)(H,31,36)(H,33,37)/t16-,20-,22?/m0/s1. The maximum Gasteiger partial charge on any atom is 0.271 e. The topological polar surface area (TPSA) is 147 Å². The number of nitrogens with zero attached hydrogens (tertiary/aromatic N) is 1. The lowest BCUT2D eigenvalue weighted by molar-refractivity contribution is -0.132. The molecule has 3 heterocycles. The number of hydrogen-bond acceptors (Lipinski definition) is 5. The lowest BCUT2D eigenvalue weighted by Gasteiger charge is -2.32. The number of carbonyl (C=O) groups excluding carboxylic acids is 4. The second kappa shape index (κ2) is 11.1. The number of H-pyrrole nitrogens is 1. The van der Waals surface area contributed by atoms with E-state index in [0.717, 1.165) is 38.5 Å². The molecular formula is C28H36ClN5O5. The molecule has 10 nitrogen and oxygen atoms in total. The van der Waals surface area contributed by atoms with Gasteiger partial charge in [0.1, 0.15) is 23.5 Å². The van der Waals surface area contributed by atoms with E-state index in [2.05, 4.69) is 15.6 Å². The summed E-state index contributed by atoms with van der Waals surface area (Å²) < 4.78 is 5.45. The number of methoxy groups -OCH3 is 1. The maximum atomic E-state index is 13.9. The predicted molar refractivity (Wildman–Crippen MR) is 146 cm³/mol. The van der Waals surface area contributed by atoms with E-state index in [9.17, 15) is 19.2 Å². The van der Waals surface area contributed by atoms with Crippen LogP contribution < -0.4 is 21.1 Å². The van der Waals surface area contributed by atoms with Crippen molar-refractivity contribution in [2.75, 3.05) is 20.2 Å². The molecule has 0 radical (unpaired) electrons. The Morgan fingerprint density at radius 1 is 1.23 bits per heavy atom. The number of halogens is 1. The molecule has 1 aromatic carbocycles. The summed E-state index contributed by atoms with van der Waals surface area (Å²) in [5.74, 6) is -1.45. The third kappa shape index (κ3) is 5.44. The summed E-state index contributed by atoms with van der Waals surface area (Å²) >= 11 is 6.28. The fraction of sp³-hybridized carbons (Fsp3) is 0.571. The number of amides is 4. The highest BCUT2D eigenvalue weighted by Crippen LogP contribution is 2.47. The molecule has 3 atom stereocenters. The van der Waals surface area contributed by atoms with Gasteiger partial charge in [0, 0.05) is 29.9 Å². The van der Waals surface area contributed by atoms with E-state index in [-0.39, 0.29) is 23.7 Å². The molecule has 5 N–H and O–H groups in total. The summed E-state index contributed by atoms with van der Waals surface area (Å²) in [7, 11) is 1.52. The molecule has 3 fully saturated rings. The number of aromatic amines is 1. The molecule has 1 unspecified atom stereocenters. The number of primary amides is 1. The molecule has 1 saturated carbocycles. The van der Waals surface area contributed by atoms with Crippen molar-refractivity contribution in [2.45, 2.75) is 69.9 Å². The number of benzene rings is 1. The van der Waals surface area contributed by atoms with Gasteiger partial charge < -0.3 is 31.0 Å². The number of ether oxygens (including phenoxy) is 1. The Hall–Kier alpha value is -3.27. The van der Waals surface area contributed by atoms with Gasteiger partial charge in [-0.05, 0) is 62.1 Å². The second-order valence-corrected chi connectivity index (χ2v) is 11.7. The molecule has 2 aromatic rings. The van der Waals surface area contributed by atoms with Crippen molar-refractivity contribution in [1.29, 1.82) is 0 Å². The molecule has 3 aliphatic rings. The van der Waals surface area contributed by atoms with E-state index in [1.54, 1.807) is 23.1 Å². The smallest absolute Gasteiger partial charge is 0.271 e. The van der Waals surface area contributed by atoms with Gasteiger partial charge in [-0.1, -0.05) is 30.9 Å². The highest BCUT2D eigenvalue weighted by Gasteiger charge is 2.49. The normalized spacial score (nSPS) is 23.4. The number of nitrogens with one attached hydrogen (secondary N) is 3. The number of fused-ring (bicyclic) bond motifs is 1. The fourth-order valence-electron chi connectivity index (χ4n) is 6.66. The van der Waals surface area contributed by atoms with Crippen molar-refractivity contribution < 1.29 is 23.9 Å². The number of nitrogens with two attached hydrogens (primary N) is 1. The van der Waals surface area contributed by atoms with Crippen LogP contribution in [0, 0.1) is 11.3 Å². The van der Waals surface area contributed by atoms with Gasteiger partial charge in [0.05, 0.1) is 12.1 Å². The second-order valence-electron chi connectivity index (χ2n) is 11.3. The minimum atomic E-state index is -0.995. The van der Waals surface area contributed by atoms with Crippen LogP contribution in [0.3, 0.4) is 0 Å². The van der Waals surface area contributed by atoms with E-state index in [1.165, 1.54) is 7.11 Å². The summed E-state index contributed by atoms with van der Waals surface area (Å²) in [5, 5.41) is 6.73. The fourth-order valence-corrected chi connectivity index (χ4v) is 6.90. The van der Waals surface area contributed by atoms with E-state index in [4.69, 9.17) is 22.1 Å². The first-order valence-electron chi connectivity index (χ1n) is 13.7. The lowest BCUT2D eigenvalue weighted by atomic mass is 9.72. The van der Waals surface area contributed by atoms with Crippen LogP contribution in [0.4, 0.5) is 0 Å². The Balaban J connectivity index is 1.40. The molecular weight excluding hydrogens is 522 g/mol. The zero-order valence-corrected chi connectivity index (χ0v) is 22.9. The molecule has 4 amide bonds. The third-order valence-corrected chi connectivity index (χ3v) is 9.00. The maximum absolute atomic E-state index is 13.9. The van der Waals surface area contributed by atoms with Crippen molar-refractivity contribution in [1.82, 2.24) is 20.5 Å². The molecule has 2 aliphatic heterocycles. The molecule has 1 aromatic heterocycles. The third-order valence-electron chi connectivity index (χ3n) is 8.71. The van der Waals surface area contributed by atoms with E-state index < -0.39 is 29.8 Å². The molecule has 2 saturated heterocycles. The lowest BCUT2D eigenvalue weighted by Crippen LogP contribution is -2.53.